The van der Waals surface area contributed by atoms with Crippen molar-refractivity contribution >= 4 is 33.9 Å². The number of fused-ring (bicyclic) bond motifs is 1. The van der Waals surface area contributed by atoms with E-state index in [1.165, 1.54) is 0 Å². The van der Waals surface area contributed by atoms with E-state index in [0.29, 0.717) is 5.75 Å². The molecule has 0 aromatic heterocycles. The van der Waals surface area contributed by atoms with Crippen molar-refractivity contribution in [2.24, 2.45) is 4.99 Å². The largest absolute Gasteiger partial charge is 0.372 e. The van der Waals surface area contributed by atoms with Crippen molar-refractivity contribution in [2.75, 3.05) is 5.75 Å². The van der Waals surface area contributed by atoms with Crippen LogP contribution in [0.2, 0.25) is 0 Å². The second-order valence-corrected chi connectivity index (χ2v) is 3.28. The first-order chi connectivity index (χ1) is 5.38. The van der Waals surface area contributed by atoms with Crippen molar-refractivity contribution in [1.82, 2.24) is 4.90 Å². The zero-order valence-electron chi connectivity index (χ0n) is 6.25. The number of aliphatic imine (C=N–C) groups is 1. The van der Waals surface area contributed by atoms with E-state index in [-0.39, 0.29) is 17.0 Å². The molecule has 0 aromatic rings. The Labute approximate surface area is 85.6 Å². The maximum atomic E-state index is 9.39. The Morgan fingerprint density at radius 3 is 3.25 bits per heavy atom. The van der Waals surface area contributed by atoms with Crippen LogP contribution in [0, 0.1) is 0 Å². The van der Waals surface area contributed by atoms with Gasteiger partial charge in [0.15, 0.2) is 5.17 Å². The van der Waals surface area contributed by atoms with E-state index >= 15 is 0 Å². The molecule has 1 atom stereocenters. The average Bonchev–Trinajstić information content (AvgIpc) is 2.25. The van der Waals surface area contributed by atoms with Crippen LogP contribution in [0.25, 0.3) is 0 Å². The number of aliphatic hydroxyl groups excluding tert-OH is 1. The van der Waals surface area contributed by atoms with Gasteiger partial charge in [0.25, 0.3) is 0 Å². The summed E-state index contributed by atoms with van der Waals surface area (Å²) in [5.74, 6) is 0.705. The molecule has 1 unspecified atom stereocenters. The summed E-state index contributed by atoms with van der Waals surface area (Å²) in [6.07, 6.45) is 6.88. The van der Waals surface area contributed by atoms with Crippen molar-refractivity contribution in [2.45, 2.75) is 6.23 Å². The summed E-state index contributed by atoms with van der Waals surface area (Å²) in [5.41, 5.74) is 0. The molecule has 0 aromatic carbocycles. The third kappa shape index (κ3) is 1.73. The molecular formula is C7H9BrN2OS. The molecule has 2 aliphatic heterocycles. The van der Waals surface area contributed by atoms with Crippen molar-refractivity contribution in [3.63, 3.8) is 0 Å². The van der Waals surface area contributed by atoms with Crippen molar-refractivity contribution in [3.05, 3.63) is 24.6 Å². The molecule has 12 heavy (non-hydrogen) atoms. The number of thioether (sulfide) groups is 1. The first-order valence-corrected chi connectivity index (χ1v) is 4.37. The minimum Gasteiger partial charge on any atom is -0.372 e. The zero-order chi connectivity index (χ0) is 7.68. The molecule has 0 radical (unpaired) electrons. The van der Waals surface area contributed by atoms with E-state index in [4.69, 9.17) is 0 Å². The number of amidine groups is 1. The molecule has 1 N–H and O–H groups in total. The molecule has 2 heterocycles. The van der Waals surface area contributed by atoms with Gasteiger partial charge in [-0.2, -0.15) is 0 Å². The van der Waals surface area contributed by atoms with Crippen LogP contribution in [-0.2, 0) is 0 Å². The molecule has 1 saturated heterocycles. The van der Waals surface area contributed by atoms with Gasteiger partial charge in [-0.3, -0.25) is 0 Å². The minimum atomic E-state index is -0.408. The van der Waals surface area contributed by atoms with Crippen LogP contribution in [0.3, 0.4) is 0 Å². The van der Waals surface area contributed by atoms with Gasteiger partial charge in [0.1, 0.15) is 6.23 Å². The molecule has 66 valence electrons. The standard InChI is InChI=1S/C7H8N2OS.BrH/c10-6-5-11-7-8-3-1-2-4-9(6)7;/h1-4,6,10H,5H2;1H. The molecule has 5 heteroatoms. The fourth-order valence-electron chi connectivity index (χ4n) is 0.997. The second-order valence-electron chi connectivity index (χ2n) is 2.29. The van der Waals surface area contributed by atoms with E-state index in [0.717, 1.165) is 5.17 Å². The SMILES string of the molecule is Br.OC1CSC2=NC=CC=CN21. The summed E-state index contributed by atoms with van der Waals surface area (Å²) in [6, 6.07) is 0. The van der Waals surface area contributed by atoms with Crippen LogP contribution in [0.15, 0.2) is 29.5 Å². The molecule has 0 spiro atoms. The summed E-state index contributed by atoms with van der Waals surface area (Å²) in [5, 5.41) is 10.3. The first kappa shape index (κ1) is 9.83. The van der Waals surface area contributed by atoms with Crippen LogP contribution < -0.4 is 0 Å². The lowest BCUT2D eigenvalue weighted by Crippen LogP contribution is -2.27. The Morgan fingerprint density at radius 1 is 1.58 bits per heavy atom. The van der Waals surface area contributed by atoms with Gasteiger partial charge >= 0.3 is 0 Å². The van der Waals surface area contributed by atoms with Crippen molar-refractivity contribution in [3.8, 4) is 0 Å². The number of hydrogen-bond acceptors (Lipinski definition) is 4. The smallest absolute Gasteiger partial charge is 0.170 e. The van der Waals surface area contributed by atoms with Gasteiger partial charge in [0.2, 0.25) is 0 Å². The lowest BCUT2D eigenvalue weighted by molar-refractivity contribution is 0.113. The number of nitrogens with zero attached hydrogens (tertiary/aromatic N) is 2. The summed E-state index contributed by atoms with van der Waals surface area (Å²) >= 11 is 1.57. The van der Waals surface area contributed by atoms with Gasteiger partial charge in [-0.25, -0.2) is 4.99 Å². The maximum Gasteiger partial charge on any atom is 0.170 e. The molecule has 3 nitrogen and oxygen atoms in total. The number of hydrogen-bond donors (Lipinski definition) is 1. The Bertz CT molecular complexity index is 252. The molecule has 0 saturated carbocycles. The molecule has 1 fully saturated rings. The highest BCUT2D eigenvalue weighted by atomic mass is 79.9. The first-order valence-electron chi connectivity index (χ1n) is 3.38. The zero-order valence-corrected chi connectivity index (χ0v) is 8.78. The summed E-state index contributed by atoms with van der Waals surface area (Å²) in [4.78, 5) is 5.91. The van der Waals surface area contributed by atoms with E-state index in [9.17, 15) is 5.11 Å². The Hall–Kier alpha value is -0.260. The second kappa shape index (κ2) is 4.11. The molecule has 0 bridgehead atoms. The predicted molar refractivity (Wildman–Crippen MR) is 56.3 cm³/mol. The van der Waals surface area contributed by atoms with Gasteiger partial charge in [-0.15, -0.1) is 17.0 Å². The summed E-state index contributed by atoms with van der Waals surface area (Å²) < 4.78 is 0. The fraction of sp³-hybridized carbons (Fsp3) is 0.286. The third-order valence-corrected chi connectivity index (χ3v) is 2.57. The highest BCUT2D eigenvalue weighted by Gasteiger charge is 2.26. The van der Waals surface area contributed by atoms with Gasteiger partial charge < -0.3 is 10.0 Å². The highest BCUT2D eigenvalue weighted by molar-refractivity contribution is 8.93. The van der Waals surface area contributed by atoms with E-state index < -0.39 is 6.23 Å². The summed E-state index contributed by atoms with van der Waals surface area (Å²) in [7, 11) is 0. The monoisotopic (exact) mass is 248 g/mol. The molecule has 0 aliphatic carbocycles. The molecule has 2 rings (SSSR count). The number of aliphatic hydroxyl groups is 1. The number of allylic oxidation sites excluding steroid dienone is 2. The Balaban J connectivity index is 0.000000720. The Morgan fingerprint density at radius 2 is 2.42 bits per heavy atom. The number of halogens is 1. The maximum absolute atomic E-state index is 9.39. The lowest BCUT2D eigenvalue weighted by atomic mass is 10.5. The van der Waals surface area contributed by atoms with Gasteiger partial charge in [0, 0.05) is 18.2 Å². The van der Waals surface area contributed by atoms with E-state index in [1.807, 2.05) is 18.4 Å². The molecule has 2 aliphatic rings. The van der Waals surface area contributed by atoms with Gasteiger partial charge in [-0.05, 0) is 12.2 Å². The van der Waals surface area contributed by atoms with Gasteiger partial charge in [-0.1, -0.05) is 11.8 Å². The van der Waals surface area contributed by atoms with Gasteiger partial charge in [0.05, 0.1) is 0 Å². The van der Waals surface area contributed by atoms with Crippen LogP contribution in [-0.4, -0.2) is 27.2 Å². The number of rotatable bonds is 0. The van der Waals surface area contributed by atoms with E-state index in [1.54, 1.807) is 22.9 Å². The minimum absolute atomic E-state index is 0. The quantitative estimate of drug-likeness (QED) is 0.703. The van der Waals surface area contributed by atoms with Crippen LogP contribution >= 0.6 is 28.7 Å². The van der Waals surface area contributed by atoms with Crippen LogP contribution in [0.1, 0.15) is 0 Å². The van der Waals surface area contributed by atoms with Crippen LogP contribution in [0.5, 0.6) is 0 Å². The normalized spacial score (nSPS) is 25.9. The predicted octanol–water partition coefficient (Wildman–Crippen LogP) is 1.33. The van der Waals surface area contributed by atoms with Crippen molar-refractivity contribution in [1.29, 1.82) is 0 Å². The Kier molecular flexibility index (Phi) is 3.37. The van der Waals surface area contributed by atoms with Crippen LogP contribution in [0.4, 0.5) is 0 Å². The third-order valence-electron chi connectivity index (χ3n) is 1.53. The lowest BCUT2D eigenvalue weighted by Gasteiger charge is -2.15. The summed E-state index contributed by atoms with van der Waals surface area (Å²) in [6.45, 7) is 0. The van der Waals surface area contributed by atoms with E-state index in [2.05, 4.69) is 4.99 Å². The van der Waals surface area contributed by atoms with Crippen molar-refractivity contribution < 1.29 is 5.11 Å². The average molecular weight is 249 g/mol. The highest BCUT2D eigenvalue weighted by Crippen LogP contribution is 2.23. The molecular weight excluding hydrogens is 240 g/mol. The topological polar surface area (TPSA) is 35.8 Å². The molecule has 0 amide bonds. The fourth-order valence-corrected chi connectivity index (χ4v) is 1.92.